The highest BCUT2D eigenvalue weighted by molar-refractivity contribution is 9.10. The molecule has 1 aromatic carbocycles. The number of benzene rings is 1. The lowest BCUT2D eigenvalue weighted by atomic mass is 10.2. The van der Waals surface area contributed by atoms with E-state index in [4.69, 9.17) is 4.74 Å². The van der Waals surface area contributed by atoms with Crippen molar-refractivity contribution >= 4 is 34.0 Å². The molecule has 0 atom stereocenters. The Morgan fingerprint density at radius 2 is 2.18 bits per heavy atom. The van der Waals surface area contributed by atoms with Gasteiger partial charge in [0.15, 0.2) is 12.9 Å². The summed E-state index contributed by atoms with van der Waals surface area (Å²) in [5, 5.41) is 2.81. The number of nitrogens with zero attached hydrogens (tertiary/aromatic N) is 1. The highest BCUT2D eigenvalue weighted by Gasteiger charge is 2.24. The van der Waals surface area contributed by atoms with Gasteiger partial charge in [0.05, 0.1) is 12.1 Å². The molecule has 1 N–H and O–H groups in total. The van der Waals surface area contributed by atoms with Crippen LogP contribution in [0.25, 0.3) is 0 Å². The summed E-state index contributed by atoms with van der Waals surface area (Å²) in [6.07, 6.45) is 2.67. The monoisotopic (exact) mass is 368 g/mol. The van der Waals surface area contributed by atoms with Gasteiger partial charge in [0.25, 0.3) is 5.91 Å². The van der Waals surface area contributed by atoms with E-state index in [9.17, 15) is 14.4 Å². The fraction of sp³-hybridized carbons (Fsp3) is 0.400. The number of likely N-dealkylation sites (N-methyl/N-ethyl adjacent to an activating group) is 1. The van der Waals surface area contributed by atoms with Crippen LogP contribution >= 0.6 is 15.9 Å². The van der Waals surface area contributed by atoms with Gasteiger partial charge in [0, 0.05) is 17.6 Å². The standard InChI is InChI=1S/C15H17BrN2O4/c1-18(7-14(20)17-12-3-4-12)15(21)9-22-13-5-2-11(16)6-10(13)8-19/h2,5-6,8,12H,3-4,7,9H2,1H3,(H,17,20). The van der Waals surface area contributed by atoms with E-state index >= 15 is 0 Å². The zero-order valence-electron chi connectivity index (χ0n) is 12.2. The average molecular weight is 369 g/mol. The van der Waals surface area contributed by atoms with Crippen molar-refractivity contribution < 1.29 is 19.1 Å². The predicted octanol–water partition coefficient (Wildman–Crippen LogP) is 1.38. The molecule has 22 heavy (non-hydrogen) atoms. The smallest absolute Gasteiger partial charge is 0.260 e. The van der Waals surface area contributed by atoms with E-state index in [0.29, 0.717) is 17.6 Å². The fourth-order valence-electron chi connectivity index (χ4n) is 1.80. The Morgan fingerprint density at radius 3 is 2.82 bits per heavy atom. The molecule has 6 nitrogen and oxygen atoms in total. The zero-order valence-corrected chi connectivity index (χ0v) is 13.8. The van der Waals surface area contributed by atoms with Crippen LogP contribution in [0.5, 0.6) is 5.75 Å². The van der Waals surface area contributed by atoms with Gasteiger partial charge in [-0.05, 0) is 31.0 Å². The lowest BCUT2D eigenvalue weighted by Gasteiger charge is -2.17. The molecule has 118 valence electrons. The van der Waals surface area contributed by atoms with E-state index in [1.54, 1.807) is 25.2 Å². The van der Waals surface area contributed by atoms with Crippen LogP contribution in [0.3, 0.4) is 0 Å². The number of hydrogen-bond acceptors (Lipinski definition) is 4. The molecule has 2 rings (SSSR count). The molecular weight excluding hydrogens is 352 g/mol. The molecule has 0 aromatic heterocycles. The third-order valence-electron chi connectivity index (χ3n) is 3.20. The number of amides is 2. The van der Waals surface area contributed by atoms with Gasteiger partial charge < -0.3 is 15.0 Å². The van der Waals surface area contributed by atoms with Gasteiger partial charge in [-0.15, -0.1) is 0 Å². The van der Waals surface area contributed by atoms with Crippen LogP contribution in [0, 0.1) is 0 Å². The van der Waals surface area contributed by atoms with Crippen LogP contribution in [0.4, 0.5) is 0 Å². The number of ether oxygens (including phenoxy) is 1. The summed E-state index contributed by atoms with van der Waals surface area (Å²) in [5.41, 5.74) is 0.358. The van der Waals surface area contributed by atoms with Crippen LogP contribution in [-0.2, 0) is 9.59 Å². The first-order chi connectivity index (χ1) is 10.5. The molecule has 0 spiro atoms. The molecule has 1 aliphatic rings. The third kappa shape index (κ3) is 4.84. The van der Waals surface area contributed by atoms with E-state index in [1.807, 2.05) is 0 Å². The number of hydrogen-bond donors (Lipinski definition) is 1. The number of carbonyl (C=O) groups excluding carboxylic acids is 3. The van der Waals surface area contributed by atoms with E-state index < -0.39 is 0 Å². The number of rotatable bonds is 7. The van der Waals surface area contributed by atoms with Crippen molar-refractivity contribution in [1.29, 1.82) is 0 Å². The topological polar surface area (TPSA) is 75.7 Å². The molecule has 1 aliphatic carbocycles. The molecule has 7 heteroatoms. The Hall–Kier alpha value is -1.89. The first kappa shape index (κ1) is 16.5. The van der Waals surface area contributed by atoms with Crippen molar-refractivity contribution in [1.82, 2.24) is 10.2 Å². The normalized spacial score (nSPS) is 13.4. The van der Waals surface area contributed by atoms with E-state index in [-0.39, 0.29) is 31.0 Å². The zero-order chi connectivity index (χ0) is 16.1. The maximum absolute atomic E-state index is 11.9. The Bertz CT molecular complexity index is 587. The lowest BCUT2D eigenvalue weighted by Crippen LogP contribution is -2.41. The van der Waals surface area contributed by atoms with Crippen LogP contribution in [0.1, 0.15) is 23.2 Å². The molecule has 0 unspecified atom stereocenters. The van der Waals surface area contributed by atoms with Gasteiger partial charge >= 0.3 is 0 Å². The number of aldehydes is 1. The minimum absolute atomic E-state index is 0.000428. The van der Waals surface area contributed by atoms with Crippen LogP contribution < -0.4 is 10.1 Å². The van der Waals surface area contributed by atoms with Gasteiger partial charge in [-0.1, -0.05) is 15.9 Å². The largest absolute Gasteiger partial charge is 0.483 e. The Labute approximate surface area is 136 Å². The highest BCUT2D eigenvalue weighted by Crippen LogP contribution is 2.21. The van der Waals surface area contributed by atoms with Gasteiger partial charge in [0.1, 0.15) is 5.75 Å². The fourth-order valence-corrected chi connectivity index (χ4v) is 2.18. The molecule has 0 saturated heterocycles. The Kier molecular flexibility index (Phi) is 5.54. The van der Waals surface area contributed by atoms with Gasteiger partial charge in [-0.3, -0.25) is 14.4 Å². The van der Waals surface area contributed by atoms with Crippen LogP contribution in [-0.4, -0.2) is 49.2 Å². The minimum Gasteiger partial charge on any atom is -0.483 e. The quantitative estimate of drug-likeness (QED) is 0.737. The summed E-state index contributed by atoms with van der Waals surface area (Å²) in [6.45, 7) is -0.227. The Balaban J connectivity index is 1.83. The number of carbonyl (C=O) groups is 3. The lowest BCUT2D eigenvalue weighted by molar-refractivity contribution is -0.136. The van der Waals surface area contributed by atoms with Crippen molar-refractivity contribution in [3.05, 3.63) is 28.2 Å². The minimum atomic E-state index is -0.328. The average Bonchev–Trinajstić information content (AvgIpc) is 3.28. The molecule has 0 aliphatic heterocycles. The summed E-state index contributed by atoms with van der Waals surface area (Å²) in [4.78, 5) is 35.8. The van der Waals surface area contributed by atoms with E-state index in [1.165, 1.54) is 4.90 Å². The van der Waals surface area contributed by atoms with Crippen molar-refractivity contribution in [3.63, 3.8) is 0 Å². The molecule has 1 saturated carbocycles. The molecule has 1 fully saturated rings. The van der Waals surface area contributed by atoms with Crippen molar-refractivity contribution in [2.75, 3.05) is 20.2 Å². The molecule has 2 amide bonds. The summed E-state index contributed by atoms with van der Waals surface area (Å²) >= 11 is 3.26. The number of nitrogens with one attached hydrogen (secondary N) is 1. The summed E-state index contributed by atoms with van der Waals surface area (Å²) in [6, 6.07) is 5.21. The first-order valence-corrected chi connectivity index (χ1v) is 7.69. The first-order valence-electron chi connectivity index (χ1n) is 6.90. The van der Waals surface area contributed by atoms with Crippen LogP contribution in [0.2, 0.25) is 0 Å². The molecule has 1 aromatic rings. The predicted molar refractivity (Wildman–Crippen MR) is 83.8 cm³/mol. The summed E-state index contributed by atoms with van der Waals surface area (Å²) < 4.78 is 6.12. The summed E-state index contributed by atoms with van der Waals surface area (Å²) in [7, 11) is 1.54. The summed E-state index contributed by atoms with van der Waals surface area (Å²) in [5.74, 6) is -0.163. The second-order valence-electron chi connectivity index (χ2n) is 5.18. The second-order valence-corrected chi connectivity index (χ2v) is 6.10. The van der Waals surface area contributed by atoms with Gasteiger partial charge in [-0.2, -0.15) is 0 Å². The van der Waals surface area contributed by atoms with Gasteiger partial charge in [0.2, 0.25) is 5.91 Å². The number of halogens is 1. The molecule has 0 bridgehead atoms. The Morgan fingerprint density at radius 1 is 1.45 bits per heavy atom. The van der Waals surface area contributed by atoms with E-state index in [2.05, 4.69) is 21.2 Å². The van der Waals surface area contributed by atoms with Gasteiger partial charge in [-0.25, -0.2) is 0 Å². The highest BCUT2D eigenvalue weighted by atomic mass is 79.9. The van der Waals surface area contributed by atoms with Crippen molar-refractivity contribution in [2.45, 2.75) is 18.9 Å². The molecule has 0 heterocycles. The van der Waals surface area contributed by atoms with Crippen molar-refractivity contribution in [2.24, 2.45) is 0 Å². The maximum Gasteiger partial charge on any atom is 0.260 e. The van der Waals surface area contributed by atoms with Crippen LogP contribution in [0.15, 0.2) is 22.7 Å². The van der Waals surface area contributed by atoms with E-state index in [0.717, 1.165) is 17.3 Å². The third-order valence-corrected chi connectivity index (χ3v) is 3.69. The van der Waals surface area contributed by atoms with Crippen molar-refractivity contribution in [3.8, 4) is 5.75 Å². The maximum atomic E-state index is 11.9. The SMILES string of the molecule is CN(CC(=O)NC1CC1)C(=O)COc1ccc(Br)cc1C=O. The second kappa shape index (κ2) is 7.40. The molecule has 0 radical (unpaired) electrons. The molecular formula is C15H17BrN2O4.